The average molecular weight is 690 g/mol. The molecular weight excluding hydrogens is 659 g/mol. The molecule has 3 heterocycles. The fraction of sp³-hybridized carbons (Fsp3) is 0. The Kier molecular flexibility index (Phi) is 6.82. The number of rotatable bonds is 5. The lowest BCUT2D eigenvalue weighted by atomic mass is 9.96. The van der Waals surface area contributed by atoms with E-state index >= 15 is 0 Å². The third kappa shape index (κ3) is 4.92. The lowest BCUT2D eigenvalue weighted by Crippen LogP contribution is -1.93. The Morgan fingerprint density at radius 3 is 1.67 bits per heavy atom. The molecule has 0 unspecified atom stereocenters. The Morgan fingerprint density at radius 2 is 0.944 bits per heavy atom. The molecule has 11 rings (SSSR count). The highest BCUT2D eigenvalue weighted by Crippen LogP contribution is 2.40. The smallest absolute Gasteiger partial charge is 0.231 e. The summed E-state index contributed by atoms with van der Waals surface area (Å²) in [4.78, 5) is 10.0. The van der Waals surface area contributed by atoms with E-state index in [1.807, 2.05) is 48.5 Å². The van der Waals surface area contributed by atoms with Crippen LogP contribution in [-0.2, 0) is 0 Å². The highest BCUT2D eigenvalue weighted by Gasteiger charge is 2.19. The lowest BCUT2D eigenvalue weighted by Gasteiger charge is -2.09. The Hall–Kier alpha value is -7.30. The summed E-state index contributed by atoms with van der Waals surface area (Å²) in [5, 5.41) is 6.82. The Morgan fingerprint density at radius 1 is 0.389 bits per heavy atom. The van der Waals surface area contributed by atoms with Crippen LogP contribution in [0.3, 0.4) is 0 Å². The van der Waals surface area contributed by atoms with Crippen LogP contribution in [0.2, 0.25) is 0 Å². The highest BCUT2D eigenvalue weighted by molar-refractivity contribution is 6.12. The number of para-hydroxylation sites is 2. The van der Waals surface area contributed by atoms with Gasteiger partial charge in [0, 0.05) is 33.0 Å². The van der Waals surface area contributed by atoms with Gasteiger partial charge in [-0.1, -0.05) is 133 Å². The Bertz CT molecular complexity index is 3200. The average Bonchev–Trinajstić information content (AvgIpc) is 3.79. The molecule has 4 heteroatoms. The van der Waals surface area contributed by atoms with Crippen molar-refractivity contribution in [3.05, 3.63) is 188 Å². The van der Waals surface area contributed by atoms with Crippen LogP contribution in [0.4, 0.5) is 0 Å². The number of nitrogens with zero attached hydrogens (tertiary/aromatic N) is 3. The molecule has 0 N–H and O–H groups in total. The molecule has 0 bridgehead atoms. The van der Waals surface area contributed by atoms with E-state index in [-0.39, 0.29) is 0 Å². The fourth-order valence-electron chi connectivity index (χ4n) is 7.99. The normalized spacial score (nSPS) is 11.7. The van der Waals surface area contributed by atoms with Gasteiger partial charge in [0.15, 0.2) is 5.82 Å². The van der Waals surface area contributed by atoms with Gasteiger partial charge in [-0.25, -0.2) is 4.98 Å². The molecule has 8 aromatic carbocycles. The van der Waals surface area contributed by atoms with Crippen LogP contribution >= 0.6 is 0 Å². The number of fused-ring (bicyclic) bond motifs is 7. The first kappa shape index (κ1) is 30.3. The van der Waals surface area contributed by atoms with Gasteiger partial charge in [-0.15, -0.1) is 0 Å². The first-order chi connectivity index (χ1) is 26.7. The van der Waals surface area contributed by atoms with Crippen LogP contribution in [-0.4, -0.2) is 14.5 Å². The quantitative estimate of drug-likeness (QED) is 0.181. The monoisotopic (exact) mass is 689 g/mol. The molecule has 0 saturated carbocycles. The largest absolute Gasteiger partial charge is 0.438 e. The molecule has 0 aliphatic heterocycles. The van der Waals surface area contributed by atoms with Crippen LogP contribution in [0.15, 0.2) is 192 Å². The highest BCUT2D eigenvalue weighted by atomic mass is 16.3. The molecule has 11 aromatic rings. The molecule has 4 nitrogen and oxygen atoms in total. The minimum atomic E-state index is 0.587. The summed E-state index contributed by atoms with van der Waals surface area (Å²) >= 11 is 0. The number of aromatic nitrogens is 3. The van der Waals surface area contributed by atoms with Gasteiger partial charge < -0.3 is 8.98 Å². The van der Waals surface area contributed by atoms with Gasteiger partial charge in [0.25, 0.3) is 0 Å². The predicted molar refractivity (Wildman–Crippen MR) is 223 cm³/mol. The van der Waals surface area contributed by atoms with E-state index in [0.717, 1.165) is 44.3 Å². The SMILES string of the molecule is c1ccc(-c2nc(-c3ccccc3)c3c(n2)oc2ccc(-c4ccc5cc(-c6ccc7c(c6)c6ccccc6n7-c6ccccc6)ccc5c4)cc23)cc1. The molecule has 0 saturated heterocycles. The van der Waals surface area contributed by atoms with E-state index in [1.165, 1.54) is 49.4 Å². The van der Waals surface area contributed by atoms with Crippen molar-refractivity contribution < 1.29 is 4.42 Å². The summed E-state index contributed by atoms with van der Waals surface area (Å²) in [5.41, 5.74) is 12.5. The number of hydrogen-bond donors (Lipinski definition) is 0. The maximum atomic E-state index is 6.41. The van der Waals surface area contributed by atoms with Crippen LogP contribution in [0.25, 0.3) is 105 Å². The van der Waals surface area contributed by atoms with E-state index in [1.54, 1.807) is 0 Å². The van der Waals surface area contributed by atoms with Crippen LogP contribution in [0.5, 0.6) is 0 Å². The van der Waals surface area contributed by atoms with E-state index in [4.69, 9.17) is 14.4 Å². The third-order valence-electron chi connectivity index (χ3n) is 10.6. The molecule has 0 fully saturated rings. The Labute approximate surface area is 311 Å². The Balaban J connectivity index is 0.994. The van der Waals surface area contributed by atoms with E-state index < -0.39 is 0 Å². The van der Waals surface area contributed by atoms with Crippen molar-refractivity contribution >= 4 is 54.6 Å². The first-order valence-corrected chi connectivity index (χ1v) is 18.2. The zero-order valence-corrected chi connectivity index (χ0v) is 29.1. The molecular formula is C50H31N3O. The second kappa shape index (κ2) is 12.1. The van der Waals surface area contributed by atoms with Crippen molar-refractivity contribution in [1.82, 2.24) is 14.5 Å². The van der Waals surface area contributed by atoms with Crippen LogP contribution < -0.4 is 0 Å². The molecule has 0 amide bonds. The number of hydrogen-bond acceptors (Lipinski definition) is 3. The van der Waals surface area contributed by atoms with Crippen molar-refractivity contribution in [3.8, 4) is 50.6 Å². The summed E-state index contributed by atoms with van der Waals surface area (Å²) in [7, 11) is 0. The third-order valence-corrected chi connectivity index (χ3v) is 10.6. The van der Waals surface area contributed by atoms with Gasteiger partial charge in [-0.3, -0.25) is 0 Å². The topological polar surface area (TPSA) is 43.9 Å². The van der Waals surface area contributed by atoms with Crippen LogP contribution in [0, 0.1) is 0 Å². The first-order valence-electron chi connectivity index (χ1n) is 18.2. The second-order valence-corrected chi connectivity index (χ2v) is 13.8. The summed E-state index contributed by atoms with van der Waals surface area (Å²) < 4.78 is 8.77. The van der Waals surface area contributed by atoms with Gasteiger partial charge in [0.1, 0.15) is 5.58 Å². The molecule has 54 heavy (non-hydrogen) atoms. The van der Waals surface area contributed by atoms with Crippen LogP contribution in [0.1, 0.15) is 0 Å². The van der Waals surface area contributed by atoms with Crippen molar-refractivity contribution in [2.24, 2.45) is 0 Å². The minimum Gasteiger partial charge on any atom is -0.438 e. The molecule has 0 spiro atoms. The minimum absolute atomic E-state index is 0.587. The maximum Gasteiger partial charge on any atom is 0.231 e. The molecule has 0 aliphatic carbocycles. The summed E-state index contributed by atoms with van der Waals surface area (Å²) in [5.74, 6) is 0.647. The number of furan rings is 1. The number of benzene rings is 8. The summed E-state index contributed by atoms with van der Waals surface area (Å²) in [6.45, 7) is 0. The van der Waals surface area contributed by atoms with Crippen molar-refractivity contribution in [3.63, 3.8) is 0 Å². The second-order valence-electron chi connectivity index (χ2n) is 13.8. The van der Waals surface area contributed by atoms with Gasteiger partial charge >= 0.3 is 0 Å². The zero-order chi connectivity index (χ0) is 35.6. The van der Waals surface area contributed by atoms with Gasteiger partial charge in [-0.05, 0) is 87.6 Å². The fourth-order valence-corrected chi connectivity index (χ4v) is 7.99. The molecule has 0 atom stereocenters. The van der Waals surface area contributed by atoms with Crippen molar-refractivity contribution in [1.29, 1.82) is 0 Å². The maximum absolute atomic E-state index is 6.41. The summed E-state index contributed by atoms with van der Waals surface area (Å²) in [6, 6.07) is 66.4. The molecule has 0 aliphatic rings. The van der Waals surface area contributed by atoms with Crippen molar-refractivity contribution in [2.45, 2.75) is 0 Å². The molecule has 252 valence electrons. The molecule has 0 radical (unpaired) electrons. The van der Waals surface area contributed by atoms with Gasteiger partial charge in [-0.2, -0.15) is 4.98 Å². The van der Waals surface area contributed by atoms with Gasteiger partial charge in [0.05, 0.1) is 22.1 Å². The summed E-state index contributed by atoms with van der Waals surface area (Å²) in [6.07, 6.45) is 0. The zero-order valence-electron chi connectivity index (χ0n) is 29.1. The standard InChI is InChI=1S/C50H31N3O/c1-4-12-32(13-5-1)48-47-43-31-39(25-27-46(43)54-50(47)52-49(51-48)33-14-6-2-7-15-33)37-23-21-34-28-36(22-20-35(34)29-37)38-24-26-45-42(30-38)41-18-10-11-19-44(41)53(45)40-16-8-3-9-17-40/h1-31H. The lowest BCUT2D eigenvalue weighted by molar-refractivity contribution is 0.653. The molecule has 3 aromatic heterocycles. The van der Waals surface area contributed by atoms with E-state index in [0.29, 0.717) is 11.5 Å². The van der Waals surface area contributed by atoms with Gasteiger partial charge in [0.2, 0.25) is 5.71 Å². The predicted octanol–water partition coefficient (Wildman–Crippen LogP) is 13.3. The van der Waals surface area contributed by atoms with E-state index in [2.05, 4.69) is 144 Å². The van der Waals surface area contributed by atoms with Crippen molar-refractivity contribution in [2.75, 3.05) is 0 Å². The van der Waals surface area contributed by atoms with E-state index in [9.17, 15) is 0 Å².